The Labute approximate surface area is 175 Å². The lowest BCUT2D eigenvalue weighted by molar-refractivity contribution is -0.117. The number of fused-ring (bicyclic) bond motifs is 5. The maximum atomic E-state index is 10.2. The number of hydrogen-bond donors (Lipinski definition) is 3. The maximum absolute atomic E-state index is 10.2. The normalized spacial score (nSPS) is 45.9. The minimum absolute atomic E-state index is 0.0644. The highest BCUT2D eigenvalue weighted by atomic mass is 32.1. The Kier molecular flexibility index (Phi) is 5.15. The van der Waals surface area contributed by atoms with E-state index in [0.29, 0.717) is 5.41 Å². The highest BCUT2D eigenvalue weighted by Crippen LogP contribution is 2.67. The molecule has 3 saturated carbocycles. The van der Waals surface area contributed by atoms with Crippen molar-refractivity contribution in [1.82, 2.24) is 5.43 Å². The first-order chi connectivity index (χ1) is 13.2. The SMILES string of the molecule is CC1=C(/C(C)=N/NC(N)=S)[C@@]2(C)CC[C@@H]3[C@H](CC[C@H]4C[C@@H](O)CC[C@@]43C)[C@@H]2C1. The van der Waals surface area contributed by atoms with E-state index in [1.54, 1.807) is 0 Å². The Morgan fingerprint density at radius 3 is 2.64 bits per heavy atom. The first-order valence-electron chi connectivity index (χ1n) is 11.1. The molecule has 5 heteroatoms. The van der Waals surface area contributed by atoms with Crippen molar-refractivity contribution in [1.29, 1.82) is 0 Å². The quantitative estimate of drug-likeness (QED) is 0.360. The smallest absolute Gasteiger partial charge is 0.184 e. The average molecular weight is 404 g/mol. The van der Waals surface area contributed by atoms with Gasteiger partial charge in [-0.2, -0.15) is 5.10 Å². The van der Waals surface area contributed by atoms with Gasteiger partial charge >= 0.3 is 0 Å². The molecule has 0 radical (unpaired) electrons. The zero-order valence-corrected chi connectivity index (χ0v) is 18.7. The number of nitrogens with zero attached hydrogens (tertiary/aromatic N) is 1. The van der Waals surface area contributed by atoms with Crippen LogP contribution in [0.25, 0.3) is 0 Å². The summed E-state index contributed by atoms with van der Waals surface area (Å²) in [5, 5.41) is 15.0. The van der Waals surface area contributed by atoms with Gasteiger partial charge in [-0.25, -0.2) is 0 Å². The summed E-state index contributed by atoms with van der Waals surface area (Å²) in [6.07, 6.45) is 9.57. The highest BCUT2D eigenvalue weighted by Gasteiger charge is 2.59. The second kappa shape index (κ2) is 7.09. The third kappa shape index (κ3) is 3.04. The Bertz CT molecular complexity index is 731. The molecule has 0 unspecified atom stereocenters. The molecule has 4 aliphatic carbocycles. The van der Waals surface area contributed by atoms with E-state index < -0.39 is 0 Å². The van der Waals surface area contributed by atoms with Crippen LogP contribution in [0, 0.1) is 34.5 Å². The number of thiocarbonyl (C=S) groups is 1. The van der Waals surface area contributed by atoms with E-state index >= 15 is 0 Å². The number of nitrogens with one attached hydrogen (secondary N) is 1. The van der Waals surface area contributed by atoms with Gasteiger partial charge in [0, 0.05) is 0 Å². The van der Waals surface area contributed by atoms with Crippen LogP contribution in [0.2, 0.25) is 0 Å². The molecular formula is C23H37N3OS. The number of aliphatic hydroxyl groups is 1. The van der Waals surface area contributed by atoms with E-state index in [1.165, 1.54) is 49.7 Å². The molecule has 4 rings (SSSR count). The zero-order valence-electron chi connectivity index (χ0n) is 17.9. The Hall–Kier alpha value is -0.940. The molecular weight excluding hydrogens is 366 g/mol. The minimum atomic E-state index is -0.0644. The topological polar surface area (TPSA) is 70.6 Å². The summed E-state index contributed by atoms with van der Waals surface area (Å²) < 4.78 is 0. The minimum Gasteiger partial charge on any atom is -0.393 e. The van der Waals surface area contributed by atoms with Crippen molar-refractivity contribution < 1.29 is 5.11 Å². The van der Waals surface area contributed by atoms with E-state index in [-0.39, 0.29) is 16.6 Å². The van der Waals surface area contributed by atoms with Crippen molar-refractivity contribution in [2.24, 2.45) is 45.3 Å². The fourth-order valence-corrected chi connectivity index (χ4v) is 8.12. The summed E-state index contributed by atoms with van der Waals surface area (Å²) in [7, 11) is 0. The molecule has 0 bridgehead atoms. The molecule has 3 fully saturated rings. The van der Waals surface area contributed by atoms with Gasteiger partial charge in [0.15, 0.2) is 5.11 Å². The van der Waals surface area contributed by atoms with Gasteiger partial charge in [0.1, 0.15) is 0 Å². The molecule has 28 heavy (non-hydrogen) atoms. The molecule has 0 aromatic carbocycles. The van der Waals surface area contributed by atoms with Crippen LogP contribution in [0.4, 0.5) is 0 Å². The lowest BCUT2D eigenvalue weighted by Gasteiger charge is -2.60. The van der Waals surface area contributed by atoms with Gasteiger partial charge in [-0.15, -0.1) is 0 Å². The van der Waals surface area contributed by atoms with Crippen LogP contribution in [0.5, 0.6) is 0 Å². The van der Waals surface area contributed by atoms with Crippen molar-refractivity contribution in [2.45, 2.75) is 85.2 Å². The fraction of sp³-hybridized carbons (Fsp3) is 0.826. The van der Waals surface area contributed by atoms with Crippen LogP contribution < -0.4 is 11.2 Å². The molecule has 0 aromatic heterocycles. The molecule has 0 aromatic rings. The van der Waals surface area contributed by atoms with E-state index in [0.717, 1.165) is 42.2 Å². The van der Waals surface area contributed by atoms with Crippen molar-refractivity contribution in [3.05, 3.63) is 11.1 Å². The zero-order chi connectivity index (χ0) is 20.3. The van der Waals surface area contributed by atoms with E-state index in [2.05, 4.69) is 38.2 Å². The number of hydrazone groups is 1. The summed E-state index contributed by atoms with van der Waals surface area (Å²) in [6, 6.07) is 0. The molecule has 4 nitrogen and oxygen atoms in total. The number of allylic oxidation sites excluding steroid dienone is 2. The van der Waals surface area contributed by atoms with Crippen molar-refractivity contribution >= 4 is 23.0 Å². The summed E-state index contributed by atoms with van der Waals surface area (Å²) in [4.78, 5) is 0. The van der Waals surface area contributed by atoms with E-state index in [1.807, 2.05) is 0 Å². The maximum Gasteiger partial charge on any atom is 0.184 e. The van der Waals surface area contributed by atoms with Crippen LogP contribution in [0.15, 0.2) is 16.2 Å². The summed E-state index contributed by atoms with van der Waals surface area (Å²) >= 11 is 4.94. The van der Waals surface area contributed by atoms with Gasteiger partial charge in [-0.1, -0.05) is 19.4 Å². The van der Waals surface area contributed by atoms with Crippen LogP contribution >= 0.6 is 12.2 Å². The predicted molar refractivity (Wildman–Crippen MR) is 119 cm³/mol. The molecule has 0 spiro atoms. The van der Waals surface area contributed by atoms with Crippen molar-refractivity contribution in [3.8, 4) is 0 Å². The highest BCUT2D eigenvalue weighted by molar-refractivity contribution is 7.80. The molecule has 4 N–H and O–H groups in total. The van der Waals surface area contributed by atoms with Crippen molar-refractivity contribution in [3.63, 3.8) is 0 Å². The van der Waals surface area contributed by atoms with Gasteiger partial charge < -0.3 is 10.8 Å². The van der Waals surface area contributed by atoms with Gasteiger partial charge in [-0.05, 0) is 118 Å². The summed E-state index contributed by atoms with van der Waals surface area (Å²) in [6.45, 7) is 9.44. The molecule has 4 aliphatic rings. The monoisotopic (exact) mass is 403 g/mol. The number of rotatable bonds is 2. The number of aliphatic hydroxyl groups excluding tert-OH is 1. The lowest BCUT2D eigenvalue weighted by atomic mass is 9.44. The van der Waals surface area contributed by atoms with Crippen LogP contribution in [0.1, 0.15) is 79.1 Å². The first-order valence-corrected chi connectivity index (χ1v) is 11.6. The lowest BCUT2D eigenvalue weighted by Crippen LogP contribution is -2.53. The summed E-state index contributed by atoms with van der Waals surface area (Å²) in [5.41, 5.74) is 13.0. The molecule has 156 valence electrons. The van der Waals surface area contributed by atoms with Gasteiger partial charge in [0.25, 0.3) is 0 Å². The standard InChI is InChI=1S/C23H37N3OS/c1-13-11-19-17-6-5-15-12-16(27)7-9-22(15,3)18(17)8-10-23(19,4)20(13)14(2)25-26-21(24)28/h15-19,27H,5-12H2,1-4H3,(H3,24,26,28)/b25-14+/t15-,16-,17-,18+,19-,22-,23-/m0/s1. The second-order valence-corrected chi connectivity index (χ2v) is 11.0. The number of hydrogen-bond acceptors (Lipinski definition) is 3. The van der Waals surface area contributed by atoms with E-state index in [9.17, 15) is 5.11 Å². The average Bonchev–Trinajstić information content (AvgIpc) is 2.90. The summed E-state index contributed by atoms with van der Waals surface area (Å²) in [5.74, 6) is 3.06. The molecule has 7 atom stereocenters. The number of nitrogens with two attached hydrogens (primary N) is 1. The molecule has 0 heterocycles. The van der Waals surface area contributed by atoms with Gasteiger partial charge in [-0.3, -0.25) is 5.43 Å². The molecule has 0 saturated heterocycles. The van der Waals surface area contributed by atoms with Crippen LogP contribution in [-0.2, 0) is 0 Å². The predicted octanol–water partition coefficient (Wildman–Crippen LogP) is 4.53. The molecule has 0 aliphatic heterocycles. The van der Waals surface area contributed by atoms with Crippen molar-refractivity contribution in [2.75, 3.05) is 0 Å². The molecule has 0 amide bonds. The Morgan fingerprint density at radius 1 is 1.18 bits per heavy atom. The largest absolute Gasteiger partial charge is 0.393 e. The van der Waals surface area contributed by atoms with Crippen LogP contribution in [0.3, 0.4) is 0 Å². The second-order valence-electron chi connectivity index (χ2n) is 10.6. The third-order valence-electron chi connectivity index (χ3n) is 9.25. The third-order valence-corrected chi connectivity index (χ3v) is 9.34. The van der Waals surface area contributed by atoms with Crippen LogP contribution in [-0.4, -0.2) is 22.0 Å². The Balaban J connectivity index is 1.61. The van der Waals surface area contributed by atoms with Gasteiger partial charge in [0.2, 0.25) is 0 Å². The fourth-order valence-electron chi connectivity index (χ4n) is 8.08. The van der Waals surface area contributed by atoms with E-state index in [4.69, 9.17) is 18.0 Å². The van der Waals surface area contributed by atoms with Gasteiger partial charge in [0.05, 0.1) is 11.8 Å². The first kappa shape index (κ1) is 20.3. The Morgan fingerprint density at radius 2 is 1.93 bits per heavy atom.